The number of benzene rings is 2. The third kappa shape index (κ3) is 4.54. The van der Waals surface area contributed by atoms with Crippen LogP contribution >= 0.6 is 11.6 Å². The fourth-order valence-electron chi connectivity index (χ4n) is 2.97. The van der Waals surface area contributed by atoms with E-state index in [4.69, 9.17) is 21.1 Å². The highest BCUT2D eigenvalue weighted by molar-refractivity contribution is 6.32. The highest BCUT2D eigenvalue weighted by Gasteiger charge is 2.20. The van der Waals surface area contributed by atoms with Gasteiger partial charge >= 0.3 is 0 Å². The number of hydrogen-bond donors (Lipinski definition) is 1. The molecule has 1 heterocycles. The molecule has 1 amide bonds. The van der Waals surface area contributed by atoms with Gasteiger partial charge in [-0.15, -0.1) is 0 Å². The molecule has 30 heavy (non-hydrogen) atoms. The summed E-state index contributed by atoms with van der Waals surface area (Å²) in [6, 6.07) is 6.49. The molecule has 0 unspecified atom stereocenters. The molecule has 0 bridgehead atoms. The van der Waals surface area contributed by atoms with Crippen LogP contribution in [0.3, 0.4) is 0 Å². The summed E-state index contributed by atoms with van der Waals surface area (Å²) in [6.45, 7) is 2.40. The van der Waals surface area contributed by atoms with E-state index < -0.39 is 17.5 Å². The summed E-state index contributed by atoms with van der Waals surface area (Å²) in [5.74, 6) is -1.10. The number of carbonyl (C=O) groups is 1. The molecule has 3 rings (SSSR count). The van der Waals surface area contributed by atoms with E-state index in [1.54, 1.807) is 19.2 Å². The van der Waals surface area contributed by atoms with E-state index in [9.17, 15) is 13.6 Å². The molecule has 0 atom stereocenters. The van der Waals surface area contributed by atoms with E-state index in [1.807, 2.05) is 6.92 Å². The van der Waals surface area contributed by atoms with Gasteiger partial charge in [-0.25, -0.2) is 8.78 Å². The predicted molar refractivity (Wildman–Crippen MR) is 109 cm³/mol. The average Bonchev–Trinajstić information content (AvgIpc) is 3.09. The lowest BCUT2D eigenvalue weighted by Gasteiger charge is -2.13. The maximum atomic E-state index is 14.2. The Morgan fingerprint density at radius 2 is 2.03 bits per heavy atom. The van der Waals surface area contributed by atoms with Crippen molar-refractivity contribution in [3.63, 3.8) is 0 Å². The Morgan fingerprint density at radius 1 is 1.27 bits per heavy atom. The van der Waals surface area contributed by atoms with Gasteiger partial charge in [-0.3, -0.25) is 9.48 Å². The third-order valence-corrected chi connectivity index (χ3v) is 4.57. The van der Waals surface area contributed by atoms with Crippen molar-refractivity contribution >= 4 is 17.5 Å². The smallest absolute Gasteiger partial charge is 0.255 e. The van der Waals surface area contributed by atoms with Gasteiger partial charge in [0.05, 0.1) is 24.3 Å². The summed E-state index contributed by atoms with van der Waals surface area (Å²) >= 11 is 6.26. The van der Waals surface area contributed by atoms with Gasteiger partial charge in [-0.1, -0.05) is 11.6 Å². The Morgan fingerprint density at radius 3 is 2.70 bits per heavy atom. The lowest BCUT2D eigenvalue weighted by atomic mass is 10.1. The molecule has 0 aliphatic rings. The lowest BCUT2D eigenvalue weighted by molar-refractivity contribution is 0.0951. The number of nitrogens with zero attached hydrogens (tertiary/aromatic N) is 2. The molecule has 0 saturated carbocycles. The van der Waals surface area contributed by atoms with E-state index >= 15 is 0 Å². The van der Waals surface area contributed by atoms with Gasteiger partial charge in [-0.05, 0) is 36.8 Å². The quantitative estimate of drug-likeness (QED) is 0.599. The maximum Gasteiger partial charge on any atom is 0.255 e. The topological polar surface area (TPSA) is 65.4 Å². The predicted octanol–water partition coefficient (Wildman–Crippen LogP) is 4.36. The minimum atomic E-state index is -0.800. The molecular weight excluding hydrogens is 416 g/mol. The van der Waals surface area contributed by atoms with Crippen LogP contribution in [-0.4, -0.2) is 29.4 Å². The Labute approximate surface area is 177 Å². The first-order chi connectivity index (χ1) is 14.3. The van der Waals surface area contributed by atoms with Crippen LogP contribution in [0.15, 0.2) is 36.5 Å². The summed E-state index contributed by atoms with van der Waals surface area (Å²) in [5, 5.41) is 7.27. The molecular formula is C21H20ClF2N3O3. The number of carbonyl (C=O) groups excluding carboxylic acids is 1. The van der Waals surface area contributed by atoms with Crippen LogP contribution in [0.4, 0.5) is 8.78 Å². The SMILES string of the molecule is CCOc1c(Cl)cc(CNC(=O)c2cn(C)nc2-c2ccc(F)cc2F)cc1OC. The summed E-state index contributed by atoms with van der Waals surface area (Å²) in [5.41, 5.74) is 1.00. The van der Waals surface area contributed by atoms with E-state index in [-0.39, 0.29) is 23.4 Å². The van der Waals surface area contributed by atoms with E-state index in [0.717, 1.165) is 12.1 Å². The molecule has 0 saturated heterocycles. The minimum Gasteiger partial charge on any atom is -0.493 e. The van der Waals surface area contributed by atoms with Crippen molar-refractivity contribution in [3.05, 3.63) is 64.3 Å². The van der Waals surface area contributed by atoms with Gasteiger partial charge in [0.15, 0.2) is 11.5 Å². The fraction of sp³-hybridized carbons (Fsp3) is 0.238. The molecule has 0 radical (unpaired) electrons. The molecule has 3 aromatic rings. The second-order valence-electron chi connectivity index (χ2n) is 6.41. The zero-order chi connectivity index (χ0) is 21.8. The molecule has 1 aromatic heterocycles. The number of methoxy groups -OCH3 is 1. The first-order valence-corrected chi connectivity index (χ1v) is 9.48. The van der Waals surface area contributed by atoms with E-state index in [1.165, 1.54) is 24.1 Å². The van der Waals surface area contributed by atoms with Crippen molar-refractivity contribution in [2.24, 2.45) is 7.05 Å². The van der Waals surface area contributed by atoms with Crippen molar-refractivity contribution < 1.29 is 23.0 Å². The Balaban J connectivity index is 1.83. The normalized spacial score (nSPS) is 10.7. The first-order valence-electron chi connectivity index (χ1n) is 9.10. The summed E-state index contributed by atoms with van der Waals surface area (Å²) < 4.78 is 39.6. The van der Waals surface area contributed by atoms with Crippen LogP contribution in [0.25, 0.3) is 11.3 Å². The highest BCUT2D eigenvalue weighted by atomic mass is 35.5. The second kappa shape index (κ2) is 9.13. The molecule has 0 spiro atoms. The zero-order valence-corrected chi connectivity index (χ0v) is 17.4. The number of hydrogen-bond acceptors (Lipinski definition) is 4. The van der Waals surface area contributed by atoms with Crippen molar-refractivity contribution in [3.8, 4) is 22.8 Å². The molecule has 9 heteroatoms. The number of nitrogens with one attached hydrogen (secondary N) is 1. The molecule has 2 aromatic carbocycles. The van der Waals surface area contributed by atoms with Crippen LogP contribution in [-0.2, 0) is 13.6 Å². The molecule has 6 nitrogen and oxygen atoms in total. The third-order valence-electron chi connectivity index (χ3n) is 4.29. The van der Waals surface area contributed by atoms with Crippen LogP contribution in [0, 0.1) is 11.6 Å². The number of rotatable bonds is 7. The van der Waals surface area contributed by atoms with Gasteiger partial charge < -0.3 is 14.8 Å². The number of aryl methyl sites for hydroxylation is 1. The van der Waals surface area contributed by atoms with E-state index in [0.29, 0.717) is 28.7 Å². The largest absolute Gasteiger partial charge is 0.493 e. The average molecular weight is 436 g/mol. The van der Waals surface area contributed by atoms with E-state index in [2.05, 4.69) is 10.4 Å². The molecule has 0 aliphatic heterocycles. The number of aromatic nitrogens is 2. The van der Waals surface area contributed by atoms with Crippen LogP contribution in [0.1, 0.15) is 22.8 Å². The number of ether oxygens (including phenoxy) is 2. The fourth-order valence-corrected chi connectivity index (χ4v) is 3.26. The molecule has 158 valence electrons. The summed E-state index contributed by atoms with van der Waals surface area (Å²) in [4.78, 5) is 12.8. The van der Waals surface area contributed by atoms with Crippen molar-refractivity contribution in [1.29, 1.82) is 0 Å². The van der Waals surface area contributed by atoms with Crippen molar-refractivity contribution in [2.75, 3.05) is 13.7 Å². The highest BCUT2D eigenvalue weighted by Crippen LogP contribution is 2.36. The van der Waals surface area contributed by atoms with Crippen LogP contribution in [0.2, 0.25) is 5.02 Å². The van der Waals surface area contributed by atoms with Gasteiger partial charge in [0.2, 0.25) is 0 Å². The van der Waals surface area contributed by atoms with Crippen LogP contribution < -0.4 is 14.8 Å². The maximum absolute atomic E-state index is 14.2. The number of halogens is 3. The minimum absolute atomic E-state index is 0.0351. The molecule has 0 aliphatic carbocycles. The van der Waals surface area contributed by atoms with Gasteiger partial charge in [0.1, 0.15) is 17.3 Å². The summed E-state index contributed by atoms with van der Waals surface area (Å²) in [6.07, 6.45) is 1.47. The first kappa shape index (κ1) is 21.6. The molecule has 0 fully saturated rings. The Kier molecular flexibility index (Phi) is 6.56. The van der Waals surface area contributed by atoms with Crippen LogP contribution in [0.5, 0.6) is 11.5 Å². The second-order valence-corrected chi connectivity index (χ2v) is 6.82. The molecule has 1 N–H and O–H groups in total. The lowest BCUT2D eigenvalue weighted by Crippen LogP contribution is -2.23. The van der Waals surface area contributed by atoms with Gasteiger partial charge in [0.25, 0.3) is 5.91 Å². The monoisotopic (exact) mass is 435 g/mol. The number of amides is 1. The van der Waals surface area contributed by atoms with Gasteiger partial charge in [-0.2, -0.15) is 5.10 Å². The van der Waals surface area contributed by atoms with Crippen molar-refractivity contribution in [1.82, 2.24) is 15.1 Å². The summed E-state index contributed by atoms with van der Waals surface area (Å²) in [7, 11) is 3.11. The standard InChI is InChI=1S/C21H20ClF2N3O3/c1-4-30-20-16(22)7-12(8-18(20)29-3)10-25-21(28)15-11-27(2)26-19(15)14-6-5-13(23)9-17(14)24/h5-9,11H,4,10H2,1-3H3,(H,25,28). The Bertz CT molecular complexity index is 1090. The zero-order valence-electron chi connectivity index (χ0n) is 16.6. The Hall–Kier alpha value is -3.13. The van der Waals surface area contributed by atoms with Crippen molar-refractivity contribution in [2.45, 2.75) is 13.5 Å². The van der Waals surface area contributed by atoms with Gasteiger partial charge in [0, 0.05) is 31.4 Å².